The van der Waals surface area contributed by atoms with Crippen LogP contribution in [0.4, 0.5) is 5.82 Å². The maximum Gasteiger partial charge on any atom is 0.129 e. The summed E-state index contributed by atoms with van der Waals surface area (Å²) in [6.45, 7) is 2.01. The lowest BCUT2D eigenvalue weighted by Crippen LogP contribution is -2.06. The molecule has 1 atom stereocenters. The highest BCUT2D eigenvalue weighted by Crippen LogP contribution is 2.16. The molecule has 2 heterocycles. The molecule has 72 valence electrons. The quantitative estimate of drug-likeness (QED) is 0.804. The van der Waals surface area contributed by atoms with Gasteiger partial charge in [-0.15, -0.1) is 0 Å². The zero-order chi connectivity index (χ0) is 9.80. The van der Waals surface area contributed by atoms with E-state index in [9.17, 15) is 0 Å². The number of nitrogens with one attached hydrogen (secondary N) is 1. The van der Waals surface area contributed by atoms with Gasteiger partial charge in [0.1, 0.15) is 17.9 Å². The molecule has 2 aromatic heterocycles. The van der Waals surface area contributed by atoms with Gasteiger partial charge in [0.15, 0.2) is 0 Å². The first-order valence-electron chi connectivity index (χ1n) is 4.42. The van der Waals surface area contributed by atoms with Crippen molar-refractivity contribution >= 4 is 5.82 Å². The lowest BCUT2D eigenvalue weighted by Gasteiger charge is -2.10. The van der Waals surface area contributed by atoms with Crippen LogP contribution in [0.25, 0.3) is 0 Å². The molecule has 0 aromatic carbocycles. The number of hydrogen-bond acceptors (Lipinski definition) is 4. The minimum atomic E-state index is 0.111. The van der Waals surface area contributed by atoms with Crippen LogP contribution in [0.15, 0.2) is 41.4 Å². The van der Waals surface area contributed by atoms with Gasteiger partial charge < -0.3 is 9.73 Å². The zero-order valence-electron chi connectivity index (χ0n) is 7.84. The first-order chi connectivity index (χ1) is 6.86. The van der Waals surface area contributed by atoms with E-state index < -0.39 is 0 Å². The average Bonchev–Trinajstić information content (AvgIpc) is 2.72. The Balaban J connectivity index is 2.06. The maximum absolute atomic E-state index is 5.26. The molecule has 4 nitrogen and oxygen atoms in total. The first-order valence-corrected chi connectivity index (χ1v) is 4.42. The van der Waals surface area contributed by atoms with Crippen LogP contribution in [0.2, 0.25) is 0 Å². The molecule has 2 aromatic rings. The van der Waals surface area contributed by atoms with E-state index in [1.165, 1.54) is 6.33 Å². The van der Waals surface area contributed by atoms with E-state index in [0.717, 1.165) is 11.6 Å². The predicted octanol–water partition coefficient (Wildman–Crippen LogP) is 2.24. The topological polar surface area (TPSA) is 51.0 Å². The van der Waals surface area contributed by atoms with Gasteiger partial charge in [0.05, 0.1) is 12.3 Å². The molecule has 0 bridgehead atoms. The van der Waals surface area contributed by atoms with Gasteiger partial charge in [0.2, 0.25) is 0 Å². The third-order valence-corrected chi connectivity index (χ3v) is 1.92. The summed E-state index contributed by atoms with van der Waals surface area (Å²) < 4.78 is 5.26. The number of nitrogens with zero attached hydrogens (tertiary/aromatic N) is 2. The van der Waals surface area contributed by atoms with Crippen molar-refractivity contribution in [1.29, 1.82) is 0 Å². The minimum absolute atomic E-state index is 0.111. The number of furan rings is 1. The Kier molecular flexibility index (Phi) is 2.44. The number of rotatable bonds is 3. The summed E-state index contributed by atoms with van der Waals surface area (Å²) in [5.74, 6) is 1.69. The highest BCUT2D eigenvalue weighted by Gasteiger charge is 2.07. The molecule has 0 spiro atoms. The van der Waals surface area contributed by atoms with Gasteiger partial charge in [-0.3, -0.25) is 0 Å². The largest absolute Gasteiger partial charge is 0.467 e. The van der Waals surface area contributed by atoms with E-state index in [0.29, 0.717) is 0 Å². The molecule has 0 amide bonds. The summed E-state index contributed by atoms with van der Waals surface area (Å²) in [6, 6.07) is 5.73. The van der Waals surface area contributed by atoms with Gasteiger partial charge in [0, 0.05) is 6.20 Å². The molecule has 14 heavy (non-hydrogen) atoms. The van der Waals surface area contributed by atoms with E-state index in [2.05, 4.69) is 15.3 Å². The smallest absolute Gasteiger partial charge is 0.129 e. The lowest BCUT2D eigenvalue weighted by atomic mass is 10.2. The van der Waals surface area contributed by atoms with Crippen molar-refractivity contribution in [3.8, 4) is 0 Å². The standard InChI is InChI=1S/C10H11N3O/c1-8(9-3-2-6-14-9)13-10-4-5-11-7-12-10/h2-8H,1H3,(H,11,12,13). The Hall–Kier alpha value is -1.84. The summed E-state index contributed by atoms with van der Waals surface area (Å²) in [5, 5.41) is 3.20. The van der Waals surface area contributed by atoms with Crippen molar-refractivity contribution in [2.24, 2.45) is 0 Å². The Morgan fingerprint density at radius 3 is 3.00 bits per heavy atom. The summed E-state index contributed by atoms with van der Waals surface area (Å²) in [7, 11) is 0. The van der Waals surface area contributed by atoms with Crippen LogP contribution in [0.5, 0.6) is 0 Å². The summed E-state index contributed by atoms with van der Waals surface area (Å²) in [4.78, 5) is 7.91. The summed E-state index contributed by atoms with van der Waals surface area (Å²) in [5.41, 5.74) is 0. The Bertz CT molecular complexity index is 372. The minimum Gasteiger partial charge on any atom is -0.467 e. The first kappa shape index (κ1) is 8.74. The molecule has 0 saturated heterocycles. The van der Waals surface area contributed by atoms with Crippen molar-refractivity contribution < 1.29 is 4.42 Å². The number of anilines is 1. The number of aromatic nitrogens is 2. The highest BCUT2D eigenvalue weighted by atomic mass is 16.3. The van der Waals surface area contributed by atoms with E-state index >= 15 is 0 Å². The van der Waals surface area contributed by atoms with E-state index in [1.54, 1.807) is 12.5 Å². The summed E-state index contributed by atoms with van der Waals surface area (Å²) >= 11 is 0. The molecular formula is C10H11N3O. The van der Waals surface area contributed by atoms with Gasteiger partial charge >= 0.3 is 0 Å². The van der Waals surface area contributed by atoms with Crippen LogP contribution in [-0.2, 0) is 0 Å². The van der Waals surface area contributed by atoms with Crippen LogP contribution in [0.3, 0.4) is 0 Å². The van der Waals surface area contributed by atoms with E-state index in [4.69, 9.17) is 4.42 Å². The molecular weight excluding hydrogens is 178 g/mol. The van der Waals surface area contributed by atoms with Crippen LogP contribution < -0.4 is 5.32 Å². The molecule has 1 unspecified atom stereocenters. The average molecular weight is 189 g/mol. The van der Waals surface area contributed by atoms with Crippen molar-refractivity contribution in [3.63, 3.8) is 0 Å². The van der Waals surface area contributed by atoms with Gasteiger partial charge in [-0.05, 0) is 25.1 Å². The Morgan fingerprint density at radius 2 is 2.36 bits per heavy atom. The summed E-state index contributed by atoms with van der Waals surface area (Å²) in [6.07, 6.45) is 4.87. The SMILES string of the molecule is CC(Nc1ccncn1)c1ccco1. The van der Waals surface area contributed by atoms with Crippen molar-refractivity contribution in [1.82, 2.24) is 9.97 Å². The van der Waals surface area contributed by atoms with Gasteiger partial charge in [0.25, 0.3) is 0 Å². The van der Waals surface area contributed by atoms with Crippen molar-refractivity contribution in [2.45, 2.75) is 13.0 Å². The second kappa shape index (κ2) is 3.91. The zero-order valence-corrected chi connectivity index (χ0v) is 7.84. The van der Waals surface area contributed by atoms with Gasteiger partial charge in [-0.1, -0.05) is 0 Å². The molecule has 0 fully saturated rings. The molecule has 0 aliphatic rings. The fourth-order valence-electron chi connectivity index (χ4n) is 1.21. The van der Waals surface area contributed by atoms with Crippen molar-refractivity contribution in [2.75, 3.05) is 5.32 Å². The Morgan fingerprint density at radius 1 is 1.43 bits per heavy atom. The third-order valence-electron chi connectivity index (χ3n) is 1.92. The predicted molar refractivity (Wildman–Crippen MR) is 52.8 cm³/mol. The van der Waals surface area contributed by atoms with Crippen LogP contribution in [0.1, 0.15) is 18.7 Å². The molecule has 4 heteroatoms. The Labute approximate surface area is 82.0 Å². The molecule has 1 N–H and O–H groups in total. The van der Waals surface area contributed by atoms with Crippen LogP contribution in [-0.4, -0.2) is 9.97 Å². The highest BCUT2D eigenvalue weighted by molar-refractivity contribution is 5.34. The van der Waals surface area contributed by atoms with E-state index in [1.807, 2.05) is 25.1 Å². The second-order valence-electron chi connectivity index (χ2n) is 2.98. The van der Waals surface area contributed by atoms with E-state index in [-0.39, 0.29) is 6.04 Å². The molecule has 0 radical (unpaired) electrons. The second-order valence-corrected chi connectivity index (χ2v) is 2.98. The molecule has 0 saturated carbocycles. The van der Waals surface area contributed by atoms with Gasteiger partial charge in [-0.2, -0.15) is 0 Å². The number of hydrogen-bond donors (Lipinski definition) is 1. The lowest BCUT2D eigenvalue weighted by molar-refractivity contribution is 0.490. The third kappa shape index (κ3) is 1.90. The normalized spacial score (nSPS) is 12.4. The fraction of sp³-hybridized carbons (Fsp3) is 0.200. The monoisotopic (exact) mass is 189 g/mol. The van der Waals surface area contributed by atoms with Crippen LogP contribution >= 0.6 is 0 Å². The maximum atomic E-state index is 5.26. The van der Waals surface area contributed by atoms with Crippen LogP contribution in [0, 0.1) is 0 Å². The fourth-order valence-corrected chi connectivity index (χ4v) is 1.21. The molecule has 0 aliphatic carbocycles. The van der Waals surface area contributed by atoms with Gasteiger partial charge in [-0.25, -0.2) is 9.97 Å². The van der Waals surface area contributed by atoms with Crippen molar-refractivity contribution in [3.05, 3.63) is 42.7 Å². The molecule has 2 rings (SSSR count). The molecule has 0 aliphatic heterocycles.